The van der Waals surface area contributed by atoms with E-state index in [4.69, 9.17) is 38.0 Å². The molecule has 2 aromatic carbocycles. The number of carbonyl (C=O) groups excluding carboxylic acids is 3. The van der Waals surface area contributed by atoms with Gasteiger partial charge in [0.25, 0.3) is 16.6 Å². The number of nitrogens with zero attached hydrogens (tertiary/aromatic N) is 4. The van der Waals surface area contributed by atoms with E-state index in [9.17, 15) is 26.8 Å². The van der Waals surface area contributed by atoms with Gasteiger partial charge in [-0.15, -0.1) is 0 Å². The molecule has 24 heteroatoms. The monoisotopic (exact) mass is 1160 g/mol. The minimum Gasteiger partial charge on any atom is -1.00 e. The maximum absolute atomic E-state index is 13.9. The third-order valence-corrected chi connectivity index (χ3v) is 16.1. The van der Waals surface area contributed by atoms with E-state index >= 15 is 0 Å². The summed E-state index contributed by atoms with van der Waals surface area (Å²) in [5.74, 6) is 2.72. The van der Waals surface area contributed by atoms with E-state index < -0.39 is 21.8 Å². The number of likely N-dealkylation sites (tertiary alicyclic amines) is 1. The van der Waals surface area contributed by atoms with Crippen molar-refractivity contribution in [2.24, 2.45) is 35.5 Å². The number of carbonyl (C=O) groups is 3. The van der Waals surface area contributed by atoms with Crippen LogP contribution in [-0.2, 0) is 33.6 Å². The molecule has 6 fully saturated rings. The van der Waals surface area contributed by atoms with Crippen molar-refractivity contribution < 1.29 is 169 Å². The second kappa shape index (κ2) is 33.8. The summed E-state index contributed by atoms with van der Waals surface area (Å²) in [6.45, 7) is 10.9. The first-order valence-corrected chi connectivity index (χ1v) is 28.5. The normalized spacial score (nSPS) is 24.8. The Bertz CT molecular complexity index is 2670. The SMILES string of the molecule is CC#N.CC1CCC(NC(=O)C2C[C@H]2COS(C)(=O)=O)CC1.COc1c(F)ccc2c(C3CCN(C[C@@H]4C[C@H]4C(=O)NC4CCC(C)CC4)CC3)noc12.COc1c(F)ccc2c(C3CCNCC3)noc12.O=CO[O-].[H-].[K+].[K+]. The van der Waals surface area contributed by atoms with Crippen LogP contribution in [0.2, 0.25) is 0 Å². The van der Waals surface area contributed by atoms with Crippen LogP contribution >= 0.6 is 0 Å². The van der Waals surface area contributed by atoms with Gasteiger partial charge in [0, 0.05) is 60.0 Å². The molecule has 4 atom stereocenters. The van der Waals surface area contributed by atoms with Crippen molar-refractivity contribution >= 4 is 50.3 Å². The number of benzene rings is 2. The Labute approximate surface area is 543 Å². The topological polar surface area (TPSA) is 261 Å². The molecule has 4 saturated carbocycles. The van der Waals surface area contributed by atoms with Crippen LogP contribution < -0.4 is 133 Å². The Hall–Kier alpha value is -2.20. The maximum Gasteiger partial charge on any atom is 1.00 e. The molecule has 4 aromatic rings. The number of rotatable bonds is 14. The zero-order chi connectivity index (χ0) is 54.9. The van der Waals surface area contributed by atoms with Crippen LogP contribution in [0, 0.1) is 58.5 Å². The summed E-state index contributed by atoms with van der Waals surface area (Å²) in [5.41, 5.74) is 2.63. The molecule has 19 nitrogen and oxygen atoms in total. The molecule has 422 valence electrons. The van der Waals surface area contributed by atoms with Gasteiger partial charge in [-0.1, -0.05) is 24.2 Å². The Morgan fingerprint density at radius 1 is 0.782 bits per heavy atom. The first kappa shape index (κ1) is 68.3. The quantitative estimate of drug-likeness (QED) is 0.0529. The van der Waals surface area contributed by atoms with Crippen LogP contribution in [0.15, 0.2) is 33.3 Å². The Kier molecular flexibility index (Phi) is 29.6. The molecule has 0 spiro atoms. The van der Waals surface area contributed by atoms with Gasteiger partial charge >= 0.3 is 103 Å². The molecule has 6 aliphatic rings. The fourth-order valence-corrected chi connectivity index (χ4v) is 11.3. The van der Waals surface area contributed by atoms with E-state index in [1.165, 1.54) is 59.0 Å². The molecular weight excluding hydrogens is 1090 g/mol. The number of fused-ring (bicyclic) bond motifs is 2. The number of hydrogen-bond acceptors (Lipinski definition) is 17. The summed E-state index contributed by atoms with van der Waals surface area (Å²) < 4.78 is 74.9. The molecule has 2 aromatic heterocycles. The van der Waals surface area contributed by atoms with Gasteiger partial charge in [0.2, 0.25) is 34.5 Å². The van der Waals surface area contributed by atoms with Crippen molar-refractivity contribution in [3.8, 4) is 17.6 Å². The molecule has 0 radical (unpaired) electrons. The van der Waals surface area contributed by atoms with E-state index in [2.05, 4.69) is 49.9 Å². The zero-order valence-corrected chi connectivity index (χ0v) is 53.7. The number of nitriles is 1. The third-order valence-electron chi connectivity index (χ3n) is 15.5. The predicted octanol–water partition coefficient (Wildman–Crippen LogP) is 1.31. The van der Waals surface area contributed by atoms with Gasteiger partial charge in [-0.2, -0.15) is 13.7 Å². The summed E-state index contributed by atoms with van der Waals surface area (Å²) in [5, 5.41) is 35.6. The molecule has 10 rings (SSSR count). The predicted molar refractivity (Wildman–Crippen MR) is 277 cm³/mol. The van der Waals surface area contributed by atoms with Gasteiger partial charge in [-0.05, 0) is 164 Å². The largest absolute Gasteiger partial charge is 1.00 e. The summed E-state index contributed by atoms with van der Waals surface area (Å²) >= 11 is 0. The van der Waals surface area contributed by atoms with E-state index in [-0.39, 0.29) is 158 Å². The molecule has 0 bridgehead atoms. The van der Waals surface area contributed by atoms with Gasteiger partial charge in [0.05, 0.1) is 44.5 Å². The fraction of sp³-hybridized carbons (Fsp3) is 0.667. The Morgan fingerprint density at radius 3 is 1.60 bits per heavy atom. The second-order valence-corrected chi connectivity index (χ2v) is 22.8. The number of hydrogen-bond donors (Lipinski definition) is 3. The molecule has 78 heavy (non-hydrogen) atoms. The number of halogens is 2. The molecule has 4 heterocycles. The standard InChI is InChI=1S/C25H34FN3O3.C13H15FN2O2.C13H23NO4S.C2H3N.CH2O3.2K.H/c1-15-3-5-18(6-4-15)27-25(30)20-13-17(20)14-29-11-9-16(10-12-29)22-19-7-8-21(26)24(31-2)23(19)32-28-22;1-17-13-10(14)3-2-9-11(16-18-12(9)13)8-4-6-15-7-5-8;1-9-3-5-11(6-4-9)14-13(15)12-7-10(12)8-18-19(2,16)17;1-2-3;2-1-4-3;;;/h7-8,15-18,20H,3-6,9-14H2,1-2H3,(H,27,30);2-3,8,15H,4-7H2,1H3;9-12H,3-8H2,1-2H3,(H,14,15);1H3;1,3H;;;/q;;;;;2*+1;-1/p-1/t15?,17-,18?,20+;;9?,10-,11?,12?;;;;;/m0.0...../s1. The zero-order valence-electron chi connectivity index (χ0n) is 47.7. The number of nitrogens with one attached hydrogen (secondary N) is 3. The van der Waals surface area contributed by atoms with Gasteiger partial charge in [-0.3, -0.25) is 18.6 Å². The van der Waals surface area contributed by atoms with E-state index in [0.29, 0.717) is 41.0 Å². The fourth-order valence-electron chi connectivity index (χ4n) is 10.9. The van der Waals surface area contributed by atoms with Crippen molar-refractivity contribution in [3.63, 3.8) is 0 Å². The summed E-state index contributed by atoms with van der Waals surface area (Å²) in [6, 6.07) is 8.74. The van der Waals surface area contributed by atoms with Crippen LogP contribution in [0.3, 0.4) is 0 Å². The molecular formula is C54H77F2K2N7O12S. The van der Waals surface area contributed by atoms with Crippen molar-refractivity contribution in [2.45, 2.75) is 135 Å². The average Bonchev–Trinajstić information content (AvgIpc) is 4.29. The molecule has 2 saturated heterocycles. The van der Waals surface area contributed by atoms with Gasteiger partial charge < -0.3 is 50.9 Å². The van der Waals surface area contributed by atoms with E-state index in [1.54, 1.807) is 18.2 Å². The van der Waals surface area contributed by atoms with Crippen LogP contribution in [0.1, 0.15) is 135 Å². The number of ether oxygens (including phenoxy) is 2. The second-order valence-electron chi connectivity index (χ2n) is 21.2. The van der Waals surface area contributed by atoms with Crippen LogP contribution in [0.4, 0.5) is 8.78 Å². The third kappa shape index (κ3) is 20.3. The molecule has 2 amide bonds. The van der Waals surface area contributed by atoms with Crippen molar-refractivity contribution in [1.29, 1.82) is 5.26 Å². The summed E-state index contributed by atoms with van der Waals surface area (Å²) in [6.07, 6.45) is 16.0. The van der Waals surface area contributed by atoms with E-state index in [1.807, 2.05) is 0 Å². The Morgan fingerprint density at radius 2 is 1.19 bits per heavy atom. The van der Waals surface area contributed by atoms with Crippen LogP contribution in [0.5, 0.6) is 11.5 Å². The molecule has 2 aliphatic heterocycles. The maximum atomic E-state index is 13.9. The first-order valence-electron chi connectivity index (χ1n) is 26.7. The van der Waals surface area contributed by atoms with Crippen molar-refractivity contribution in [1.82, 2.24) is 31.2 Å². The van der Waals surface area contributed by atoms with Crippen LogP contribution in [-0.4, -0.2) is 114 Å². The number of methoxy groups -OCH3 is 2. The summed E-state index contributed by atoms with van der Waals surface area (Å²) in [4.78, 5) is 38.3. The molecule has 3 N–H and O–H groups in total. The van der Waals surface area contributed by atoms with Crippen LogP contribution in [0.25, 0.3) is 21.9 Å². The first-order chi connectivity index (χ1) is 36.5. The van der Waals surface area contributed by atoms with E-state index in [0.717, 1.165) is 137 Å². The Balaban J connectivity index is 0.000000302. The van der Waals surface area contributed by atoms with Crippen molar-refractivity contribution in [3.05, 3.63) is 47.3 Å². The molecule has 4 aliphatic carbocycles. The smallest absolute Gasteiger partial charge is 1.00 e. The summed E-state index contributed by atoms with van der Waals surface area (Å²) in [7, 11) is -0.514. The number of piperidine rings is 2. The van der Waals surface area contributed by atoms with Gasteiger partial charge in [0.1, 0.15) is 0 Å². The molecule has 1 unspecified atom stereocenters. The van der Waals surface area contributed by atoms with Gasteiger partial charge in [-0.25, -0.2) is 8.78 Å². The van der Waals surface area contributed by atoms with Gasteiger partial charge in [0.15, 0.2) is 11.6 Å². The number of aromatic nitrogens is 2. The minimum absolute atomic E-state index is 0. The van der Waals surface area contributed by atoms with Crippen molar-refractivity contribution in [2.75, 3.05) is 59.8 Å². The average molecular weight is 1160 g/mol. The minimum atomic E-state index is -3.39. The number of amides is 2.